The van der Waals surface area contributed by atoms with Gasteiger partial charge in [-0.1, -0.05) is 6.07 Å². The van der Waals surface area contributed by atoms with E-state index in [9.17, 15) is 18.0 Å². The molecule has 0 saturated carbocycles. The molecular formula is C17H24N2O6S. The summed E-state index contributed by atoms with van der Waals surface area (Å²) in [4.78, 5) is 25.3. The van der Waals surface area contributed by atoms with Gasteiger partial charge in [-0.25, -0.2) is 8.42 Å². The van der Waals surface area contributed by atoms with E-state index in [1.54, 1.807) is 13.8 Å². The van der Waals surface area contributed by atoms with Gasteiger partial charge in [0.1, 0.15) is 0 Å². The van der Waals surface area contributed by atoms with Gasteiger partial charge >= 0.3 is 5.97 Å². The highest BCUT2D eigenvalue weighted by atomic mass is 32.2. The van der Waals surface area contributed by atoms with Gasteiger partial charge in [-0.15, -0.1) is 0 Å². The molecule has 0 aliphatic carbocycles. The summed E-state index contributed by atoms with van der Waals surface area (Å²) in [5, 5.41) is 9.02. The largest absolute Gasteiger partial charge is 0.481 e. The first kappa shape index (κ1) is 20.3. The zero-order valence-corrected chi connectivity index (χ0v) is 15.9. The molecule has 144 valence electrons. The normalized spacial score (nSPS) is 18.3. The molecule has 1 saturated heterocycles. The standard InChI is InChI=1S/C17H24N2O6S/c1-12(2)18(3)26(23,24)15-6-4-5-13(9-15)17(22)19-7-8-25-11-14(19)10-16(20)21/h4-6,9,12,14H,7-8,10-11H2,1-3H3,(H,20,21). The third-order valence-corrected chi connectivity index (χ3v) is 6.41. The van der Waals surface area contributed by atoms with Crippen molar-refractivity contribution < 1.29 is 27.9 Å². The van der Waals surface area contributed by atoms with E-state index in [4.69, 9.17) is 9.84 Å². The summed E-state index contributed by atoms with van der Waals surface area (Å²) in [6, 6.07) is 5.03. The number of hydrogen-bond acceptors (Lipinski definition) is 5. The fraction of sp³-hybridized carbons (Fsp3) is 0.529. The number of nitrogens with zero attached hydrogens (tertiary/aromatic N) is 2. The second-order valence-electron chi connectivity index (χ2n) is 6.47. The van der Waals surface area contributed by atoms with Crippen LogP contribution in [0.4, 0.5) is 0 Å². The van der Waals surface area contributed by atoms with Crippen LogP contribution in [0.25, 0.3) is 0 Å². The maximum Gasteiger partial charge on any atom is 0.305 e. The van der Waals surface area contributed by atoms with Crippen LogP contribution in [0, 0.1) is 0 Å². The van der Waals surface area contributed by atoms with Crippen molar-refractivity contribution in [2.24, 2.45) is 0 Å². The number of carboxylic acids is 1. The predicted molar refractivity (Wildman–Crippen MR) is 94.4 cm³/mol. The maximum atomic E-state index is 12.8. The Hall–Kier alpha value is -1.97. The van der Waals surface area contributed by atoms with Crippen LogP contribution in [0.15, 0.2) is 29.2 Å². The number of hydrogen-bond donors (Lipinski definition) is 1. The van der Waals surface area contributed by atoms with Crippen molar-refractivity contribution in [2.75, 3.05) is 26.8 Å². The van der Waals surface area contributed by atoms with E-state index in [-0.39, 0.29) is 36.1 Å². The van der Waals surface area contributed by atoms with E-state index in [1.807, 2.05) is 0 Å². The van der Waals surface area contributed by atoms with Gasteiger partial charge in [0.15, 0.2) is 0 Å². The van der Waals surface area contributed by atoms with Gasteiger partial charge in [0.25, 0.3) is 5.91 Å². The summed E-state index contributed by atoms with van der Waals surface area (Å²) < 4.78 is 31.8. The molecule has 26 heavy (non-hydrogen) atoms. The van der Waals surface area contributed by atoms with Crippen LogP contribution in [0.1, 0.15) is 30.6 Å². The lowest BCUT2D eigenvalue weighted by molar-refractivity contribution is -0.139. The van der Waals surface area contributed by atoms with Crippen molar-refractivity contribution >= 4 is 21.9 Å². The Balaban J connectivity index is 2.31. The fourth-order valence-electron chi connectivity index (χ4n) is 2.69. The van der Waals surface area contributed by atoms with Gasteiger partial charge in [0.2, 0.25) is 10.0 Å². The van der Waals surface area contributed by atoms with Crippen LogP contribution in [0.5, 0.6) is 0 Å². The molecule has 8 nitrogen and oxygen atoms in total. The number of carbonyl (C=O) groups excluding carboxylic acids is 1. The second kappa shape index (κ2) is 8.15. The maximum absolute atomic E-state index is 12.8. The molecule has 1 atom stereocenters. The molecule has 0 radical (unpaired) electrons. The molecule has 1 aliphatic rings. The van der Waals surface area contributed by atoms with Crippen LogP contribution in [0.3, 0.4) is 0 Å². The molecule has 1 unspecified atom stereocenters. The molecule has 2 rings (SSSR count). The quantitative estimate of drug-likeness (QED) is 0.786. The van der Waals surface area contributed by atoms with Crippen molar-refractivity contribution in [3.8, 4) is 0 Å². The molecular weight excluding hydrogens is 360 g/mol. The summed E-state index contributed by atoms with van der Waals surface area (Å²) in [6.45, 7) is 4.25. The number of ether oxygens (including phenoxy) is 1. The highest BCUT2D eigenvalue weighted by Gasteiger charge is 2.31. The van der Waals surface area contributed by atoms with Crippen molar-refractivity contribution in [3.63, 3.8) is 0 Å². The summed E-state index contributed by atoms with van der Waals surface area (Å²) in [5.74, 6) is -1.42. The van der Waals surface area contributed by atoms with E-state index < -0.39 is 27.9 Å². The Morgan fingerprint density at radius 3 is 2.69 bits per heavy atom. The van der Waals surface area contributed by atoms with Crippen LogP contribution in [-0.2, 0) is 19.6 Å². The summed E-state index contributed by atoms with van der Waals surface area (Å²) in [6.07, 6.45) is -0.222. The number of benzene rings is 1. The predicted octanol–water partition coefficient (Wildman–Crippen LogP) is 1.03. The molecule has 1 heterocycles. The number of sulfonamides is 1. The number of carbonyl (C=O) groups is 2. The van der Waals surface area contributed by atoms with Gasteiger partial charge in [-0.05, 0) is 32.0 Å². The lowest BCUT2D eigenvalue weighted by Gasteiger charge is -2.35. The van der Waals surface area contributed by atoms with E-state index in [1.165, 1.54) is 40.5 Å². The zero-order valence-electron chi connectivity index (χ0n) is 15.1. The van der Waals surface area contributed by atoms with Gasteiger partial charge in [0, 0.05) is 25.2 Å². The Morgan fingerprint density at radius 1 is 1.38 bits per heavy atom. The number of morpholine rings is 1. The Bertz CT molecular complexity index is 777. The second-order valence-corrected chi connectivity index (χ2v) is 8.47. The van der Waals surface area contributed by atoms with E-state index >= 15 is 0 Å². The molecule has 1 fully saturated rings. The minimum absolute atomic E-state index is 0.0302. The average Bonchev–Trinajstić information content (AvgIpc) is 2.60. The van der Waals surface area contributed by atoms with Crippen LogP contribution >= 0.6 is 0 Å². The number of rotatable bonds is 6. The highest BCUT2D eigenvalue weighted by molar-refractivity contribution is 7.89. The molecule has 9 heteroatoms. The minimum Gasteiger partial charge on any atom is -0.481 e. The molecule has 1 amide bonds. The van der Waals surface area contributed by atoms with Crippen molar-refractivity contribution in [1.29, 1.82) is 0 Å². The molecule has 1 aromatic carbocycles. The third-order valence-electron chi connectivity index (χ3n) is 4.38. The summed E-state index contributed by atoms with van der Waals surface area (Å²) >= 11 is 0. The lowest BCUT2D eigenvalue weighted by Crippen LogP contribution is -2.49. The third kappa shape index (κ3) is 4.40. The van der Waals surface area contributed by atoms with Gasteiger partial charge in [0.05, 0.1) is 30.6 Å². The monoisotopic (exact) mass is 384 g/mol. The highest BCUT2D eigenvalue weighted by Crippen LogP contribution is 2.21. The van der Waals surface area contributed by atoms with Gasteiger partial charge < -0.3 is 14.7 Å². The first-order valence-corrected chi connectivity index (χ1v) is 9.77. The first-order valence-electron chi connectivity index (χ1n) is 8.33. The lowest BCUT2D eigenvalue weighted by atomic mass is 10.1. The Kier molecular flexibility index (Phi) is 6.38. The van der Waals surface area contributed by atoms with Crippen molar-refractivity contribution in [1.82, 2.24) is 9.21 Å². The van der Waals surface area contributed by atoms with Gasteiger partial charge in [-0.3, -0.25) is 9.59 Å². The molecule has 1 aliphatic heterocycles. The molecule has 1 N–H and O–H groups in total. The Morgan fingerprint density at radius 2 is 2.08 bits per heavy atom. The average molecular weight is 384 g/mol. The van der Waals surface area contributed by atoms with Crippen molar-refractivity contribution in [2.45, 2.75) is 37.2 Å². The topological polar surface area (TPSA) is 104 Å². The van der Waals surface area contributed by atoms with E-state index in [0.717, 1.165) is 0 Å². The first-order chi connectivity index (χ1) is 12.1. The van der Waals surface area contributed by atoms with Crippen LogP contribution in [-0.4, -0.2) is 73.5 Å². The summed E-state index contributed by atoms with van der Waals surface area (Å²) in [7, 11) is -2.23. The van der Waals surface area contributed by atoms with Crippen molar-refractivity contribution in [3.05, 3.63) is 29.8 Å². The van der Waals surface area contributed by atoms with E-state index in [2.05, 4.69) is 0 Å². The fourth-order valence-corrected chi connectivity index (χ4v) is 4.11. The minimum atomic E-state index is -3.71. The molecule has 1 aromatic rings. The number of aliphatic carboxylic acids is 1. The number of carboxylic acid groups (broad SMARTS) is 1. The molecule has 0 bridgehead atoms. The Labute approximate surface area is 153 Å². The number of amides is 1. The molecule has 0 spiro atoms. The summed E-state index contributed by atoms with van der Waals surface area (Å²) in [5.41, 5.74) is 0.209. The smallest absolute Gasteiger partial charge is 0.305 e. The van der Waals surface area contributed by atoms with Crippen LogP contribution < -0.4 is 0 Å². The van der Waals surface area contributed by atoms with Gasteiger partial charge in [-0.2, -0.15) is 4.31 Å². The molecule has 0 aromatic heterocycles. The van der Waals surface area contributed by atoms with E-state index in [0.29, 0.717) is 6.61 Å². The SMILES string of the molecule is CC(C)N(C)S(=O)(=O)c1cccc(C(=O)N2CCOCC2CC(=O)O)c1. The zero-order chi connectivity index (χ0) is 19.5. The van der Waals surface area contributed by atoms with Crippen LogP contribution in [0.2, 0.25) is 0 Å².